The lowest BCUT2D eigenvalue weighted by molar-refractivity contribution is 0.667. The third-order valence-corrected chi connectivity index (χ3v) is 17.1. The Kier molecular flexibility index (Phi) is 9.95. The second-order valence-corrected chi connectivity index (χ2v) is 19.9. The molecule has 5 nitrogen and oxygen atoms in total. The standard InChI is InChI=1S/C46H44B16N4O/c47-24-20-21-25(48)29(52)33(56)37(60)43(21)65(42(20)36(59)32(55)28(24)51)16-5-1-3-13(9-16)14-7-8-19-18(11-14)41-46(67-19)40(63-12-64-41)15-4-2-6-17(10-15)66-44-22(26(49)30(53)34(57)38(44)61)23-27(50)31(54)35(58)39(62)45(23)66/h1-12H,47-62H2. The van der Waals surface area contributed by atoms with Crippen molar-refractivity contribution in [3.8, 4) is 33.8 Å². The van der Waals surface area contributed by atoms with Crippen molar-refractivity contribution in [1.82, 2.24) is 19.1 Å². The zero-order valence-corrected chi connectivity index (χ0v) is 42.1. The first-order valence-electron chi connectivity index (χ1n) is 23.8. The van der Waals surface area contributed by atoms with Gasteiger partial charge >= 0.3 is 0 Å². The smallest absolute Gasteiger partial charge is 0.180 e. The predicted octanol–water partition coefficient (Wildman–Crippen LogP) is -16.0. The molecule has 0 atom stereocenters. The van der Waals surface area contributed by atoms with Crippen LogP contribution in [0.15, 0.2) is 77.5 Å². The van der Waals surface area contributed by atoms with Gasteiger partial charge in [-0.25, -0.2) is 9.97 Å². The SMILES string of the molecule is Bc1c(B)c(B)c2c(c1B)c1c(B)c(B)c(B)c(B)c1n2-c1cccc(-c2ccc3oc4c(-c5cccc(-n6c7c(B)c(B)c(B)c(B)c7c7c(B)c(B)c(B)c(B)c76)c5)ncnc4c3c2)c1. The lowest BCUT2D eigenvalue weighted by Crippen LogP contribution is -2.49. The van der Waals surface area contributed by atoms with Gasteiger partial charge in [-0.05, 0) is 69.1 Å². The second-order valence-electron chi connectivity index (χ2n) is 19.9. The fourth-order valence-corrected chi connectivity index (χ4v) is 11.8. The first-order valence-corrected chi connectivity index (χ1v) is 23.8. The normalized spacial score (nSPS) is 11.9. The zero-order chi connectivity index (χ0) is 47.4. The summed E-state index contributed by atoms with van der Waals surface area (Å²) >= 11 is 0. The minimum Gasteiger partial charge on any atom is -0.452 e. The number of hydrogen-bond acceptors (Lipinski definition) is 3. The minimum absolute atomic E-state index is 0.693. The first-order chi connectivity index (χ1) is 31.9. The molecule has 0 aliphatic carbocycles. The van der Waals surface area contributed by atoms with Crippen molar-refractivity contribution < 1.29 is 4.42 Å². The van der Waals surface area contributed by atoms with Crippen LogP contribution in [-0.4, -0.2) is 145 Å². The highest BCUT2D eigenvalue weighted by Crippen LogP contribution is 2.37. The van der Waals surface area contributed by atoms with Gasteiger partial charge in [0.25, 0.3) is 0 Å². The van der Waals surface area contributed by atoms with Gasteiger partial charge in [0, 0.05) is 44.4 Å². The number of furan rings is 1. The van der Waals surface area contributed by atoms with E-state index in [0.29, 0.717) is 5.58 Å². The van der Waals surface area contributed by atoms with Crippen molar-refractivity contribution >= 4 is 279 Å². The third-order valence-electron chi connectivity index (χ3n) is 17.1. The molecule has 11 rings (SSSR count). The summed E-state index contributed by atoms with van der Waals surface area (Å²) in [6, 6.07) is 24.4. The third kappa shape index (κ3) is 5.91. The van der Waals surface area contributed by atoms with Crippen molar-refractivity contribution in [3.05, 3.63) is 73.1 Å². The maximum atomic E-state index is 6.76. The van der Waals surface area contributed by atoms with Gasteiger partial charge in [-0.1, -0.05) is 95.9 Å². The molecule has 0 saturated carbocycles. The van der Waals surface area contributed by atoms with Crippen molar-refractivity contribution in [3.63, 3.8) is 0 Å². The van der Waals surface area contributed by atoms with Crippen LogP contribution in [0.1, 0.15) is 0 Å². The molecule has 11 aromatic rings. The molecule has 0 saturated heterocycles. The van der Waals surface area contributed by atoms with Crippen molar-refractivity contribution in [1.29, 1.82) is 0 Å². The molecule has 4 aromatic heterocycles. The molecule has 0 radical (unpaired) electrons. The van der Waals surface area contributed by atoms with Crippen LogP contribution in [0.5, 0.6) is 0 Å². The van der Waals surface area contributed by atoms with Gasteiger partial charge in [-0.3, -0.25) is 0 Å². The predicted molar refractivity (Wildman–Crippen MR) is 340 cm³/mol. The average molecular weight is 842 g/mol. The molecule has 0 fully saturated rings. The van der Waals surface area contributed by atoms with Crippen LogP contribution in [0.25, 0.3) is 99.4 Å². The monoisotopic (exact) mass is 845 g/mol. The molecule has 67 heavy (non-hydrogen) atoms. The molecular weight excluding hydrogens is 798 g/mol. The first kappa shape index (κ1) is 43.6. The van der Waals surface area contributed by atoms with Crippen LogP contribution < -0.4 is 87.4 Å². The number of aromatic nitrogens is 4. The van der Waals surface area contributed by atoms with Gasteiger partial charge in [-0.2, -0.15) is 0 Å². The molecule has 0 bridgehead atoms. The summed E-state index contributed by atoms with van der Waals surface area (Å²) in [4.78, 5) is 9.84. The van der Waals surface area contributed by atoms with Gasteiger partial charge < -0.3 is 13.6 Å². The molecule has 4 heterocycles. The van der Waals surface area contributed by atoms with Crippen LogP contribution in [0.2, 0.25) is 0 Å². The summed E-state index contributed by atoms with van der Waals surface area (Å²) in [5, 5.41) is 6.43. The van der Waals surface area contributed by atoms with Gasteiger partial charge in [0.15, 0.2) is 5.58 Å². The van der Waals surface area contributed by atoms with E-state index in [1.807, 2.05) is 0 Å². The Bertz CT molecular complexity index is 3930. The Morgan fingerprint density at radius 1 is 0.358 bits per heavy atom. The number of hydrogen-bond donors (Lipinski definition) is 0. The van der Waals surface area contributed by atoms with E-state index in [-0.39, 0.29) is 0 Å². The van der Waals surface area contributed by atoms with Gasteiger partial charge in [0.2, 0.25) is 0 Å². The van der Waals surface area contributed by atoms with E-state index >= 15 is 0 Å². The maximum absolute atomic E-state index is 6.76. The lowest BCUT2D eigenvalue weighted by Gasteiger charge is -2.17. The summed E-state index contributed by atoms with van der Waals surface area (Å²) in [5.41, 5.74) is 35.4. The van der Waals surface area contributed by atoms with E-state index in [0.717, 1.165) is 50.2 Å². The molecule has 302 valence electrons. The molecule has 0 N–H and O–H groups in total. The van der Waals surface area contributed by atoms with Crippen molar-refractivity contribution in [2.75, 3.05) is 0 Å². The van der Waals surface area contributed by atoms with Crippen molar-refractivity contribution in [2.24, 2.45) is 0 Å². The number of fused-ring (bicyclic) bond motifs is 9. The summed E-state index contributed by atoms with van der Waals surface area (Å²) in [6.45, 7) is 0. The minimum atomic E-state index is 0.693. The Morgan fingerprint density at radius 3 is 1.16 bits per heavy atom. The van der Waals surface area contributed by atoms with Gasteiger partial charge in [0.05, 0.1) is 0 Å². The largest absolute Gasteiger partial charge is 0.452 e. The summed E-state index contributed by atoms with van der Waals surface area (Å²) < 4.78 is 11.8. The molecule has 7 aromatic carbocycles. The van der Waals surface area contributed by atoms with E-state index < -0.39 is 0 Å². The number of benzene rings is 7. The Labute approximate surface area is 406 Å². The number of rotatable bonds is 4. The van der Waals surface area contributed by atoms with Crippen LogP contribution in [0.3, 0.4) is 0 Å². The van der Waals surface area contributed by atoms with Crippen LogP contribution >= 0.6 is 0 Å². The molecule has 0 spiro atoms. The lowest BCUT2D eigenvalue weighted by atomic mass is 9.63. The zero-order valence-electron chi connectivity index (χ0n) is 42.1. The molecule has 0 aliphatic rings. The molecule has 0 amide bonds. The summed E-state index contributed by atoms with van der Waals surface area (Å²) in [5.74, 6) is 0. The van der Waals surface area contributed by atoms with E-state index in [1.54, 1.807) is 6.33 Å². The Hall–Kier alpha value is -5.94. The Morgan fingerprint density at radius 2 is 0.731 bits per heavy atom. The van der Waals surface area contributed by atoms with E-state index in [2.05, 4.69) is 201 Å². The highest BCUT2D eigenvalue weighted by atomic mass is 16.3. The van der Waals surface area contributed by atoms with Gasteiger partial charge in [-0.15, -0.1) is 21.9 Å². The molecular formula is C46H44B16N4O. The van der Waals surface area contributed by atoms with Crippen LogP contribution in [-0.2, 0) is 0 Å². The molecule has 0 unspecified atom stereocenters. The molecule has 0 aliphatic heterocycles. The van der Waals surface area contributed by atoms with E-state index in [1.165, 1.54) is 131 Å². The summed E-state index contributed by atoms with van der Waals surface area (Å²) in [6.07, 6.45) is 1.69. The van der Waals surface area contributed by atoms with E-state index in [4.69, 9.17) is 14.4 Å². The van der Waals surface area contributed by atoms with Gasteiger partial charge in [0.1, 0.15) is 149 Å². The molecule has 21 heteroatoms. The maximum Gasteiger partial charge on any atom is 0.180 e. The Balaban J connectivity index is 1.08. The fourth-order valence-electron chi connectivity index (χ4n) is 11.8. The fraction of sp³-hybridized carbons (Fsp3) is 0. The average Bonchev–Trinajstić information content (AvgIpc) is 4.02. The highest BCUT2D eigenvalue weighted by Gasteiger charge is 2.26. The van der Waals surface area contributed by atoms with Crippen LogP contribution in [0, 0.1) is 0 Å². The quantitative estimate of drug-likeness (QED) is 0.166. The van der Waals surface area contributed by atoms with E-state index in [9.17, 15) is 0 Å². The second kappa shape index (κ2) is 15.3. The highest BCUT2D eigenvalue weighted by molar-refractivity contribution is 6.73. The van der Waals surface area contributed by atoms with Crippen molar-refractivity contribution in [2.45, 2.75) is 0 Å². The topological polar surface area (TPSA) is 48.8 Å². The van der Waals surface area contributed by atoms with Crippen LogP contribution in [0.4, 0.5) is 0 Å². The summed E-state index contributed by atoms with van der Waals surface area (Å²) in [7, 11) is 36.6. The number of nitrogens with zero attached hydrogens (tertiary/aromatic N) is 4.